The van der Waals surface area contributed by atoms with Crippen LogP contribution in [0.4, 0.5) is 0 Å². The molecule has 2 heteroatoms. The number of benzene rings is 5. The van der Waals surface area contributed by atoms with Gasteiger partial charge in [-0.3, -0.25) is 4.90 Å². The molecule has 0 aliphatic heterocycles. The Hall–Kier alpha value is -4.45. The minimum Gasteiger partial charge on any atom is -0.300 e. The van der Waals surface area contributed by atoms with Crippen molar-refractivity contribution in [2.24, 2.45) is 0 Å². The number of hydrogen-bond donors (Lipinski definition) is 0. The van der Waals surface area contributed by atoms with Gasteiger partial charge < -0.3 is 0 Å². The van der Waals surface area contributed by atoms with Crippen molar-refractivity contribution in [3.05, 3.63) is 132 Å². The minimum absolute atomic E-state index is 0.482. The van der Waals surface area contributed by atoms with Gasteiger partial charge in [-0.25, -0.2) is 0 Å². The summed E-state index contributed by atoms with van der Waals surface area (Å²) in [6.07, 6.45) is 0. The molecule has 0 atom stereocenters. The SMILES string of the molecule is CC(C)N(C)Cc1cccc(-c2ccc(C#N)c(-c3cc(-c4ccccc4)cc(-c4ccccc4)c3)c2)c1. The van der Waals surface area contributed by atoms with Crippen molar-refractivity contribution in [3.8, 4) is 50.6 Å². The van der Waals surface area contributed by atoms with Crippen LogP contribution in [0.1, 0.15) is 25.0 Å². The average Bonchev–Trinajstić information content (AvgIpc) is 2.97. The van der Waals surface area contributed by atoms with Gasteiger partial charge in [-0.1, -0.05) is 84.9 Å². The third kappa shape index (κ3) is 5.59. The second-order valence-electron chi connectivity index (χ2n) is 10.1. The van der Waals surface area contributed by atoms with Crippen LogP contribution in [-0.2, 0) is 6.54 Å². The highest BCUT2D eigenvalue weighted by atomic mass is 15.1. The predicted molar refractivity (Wildman–Crippen MR) is 160 cm³/mol. The van der Waals surface area contributed by atoms with E-state index < -0.39 is 0 Å². The van der Waals surface area contributed by atoms with Gasteiger partial charge in [-0.05, 0) is 102 Å². The summed E-state index contributed by atoms with van der Waals surface area (Å²) in [7, 11) is 2.15. The third-order valence-electron chi connectivity index (χ3n) is 7.17. The molecule has 0 fully saturated rings. The van der Waals surface area contributed by atoms with Gasteiger partial charge in [-0.2, -0.15) is 5.26 Å². The molecule has 0 aromatic heterocycles. The molecule has 0 saturated heterocycles. The smallest absolute Gasteiger partial charge is 0.0998 e. The fourth-order valence-corrected chi connectivity index (χ4v) is 4.76. The first-order chi connectivity index (χ1) is 18.5. The minimum atomic E-state index is 0.482. The second-order valence-corrected chi connectivity index (χ2v) is 10.1. The quantitative estimate of drug-likeness (QED) is 0.226. The van der Waals surface area contributed by atoms with E-state index in [-0.39, 0.29) is 0 Å². The maximum Gasteiger partial charge on any atom is 0.0998 e. The Morgan fingerprint density at radius 3 is 1.71 bits per heavy atom. The maximum absolute atomic E-state index is 10.1. The molecule has 0 amide bonds. The van der Waals surface area contributed by atoms with Gasteiger partial charge in [0.1, 0.15) is 0 Å². The van der Waals surface area contributed by atoms with E-state index in [0.29, 0.717) is 11.6 Å². The highest BCUT2D eigenvalue weighted by Gasteiger charge is 2.13. The van der Waals surface area contributed by atoms with Crippen molar-refractivity contribution in [2.45, 2.75) is 26.4 Å². The van der Waals surface area contributed by atoms with E-state index in [2.05, 4.69) is 135 Å². The Morgan fingerprint density at radius 2 is 1.13 bits per heavy atom. The van der Waals surface area contributed by atoms with Crippen LogP contribution >= 0.6 is 0 Å². The zero-order chi connectivity index (χ0) is 26.5. The van der Waals surface area contributed by atoms with Crippen molar-refractivity contribution >= 4 is 0 Å². The fraction of sp³-hybridized carbons (Fsp3) is 0.139. The molecule has 2 nitrogen and oxygen atoms in total. The van der Waals surface area contributed by atoms with Gasteiger partial charge in [-0.15, -0.1) is 0 Å². The van der Waals surface area contributed by atoms with Crippen LogP contribution in [0.15, 0.2) is 121 Å². The first-order valence-electron chi connectivity index (χ1n) is 13.1. The summed E-state index contributed by atoms with van der Waals surface area (Å²) in [5, 5.41) is 10.1. The fourth-order valence-electron chi connectivity index (χ4n) is 4.76. The van der Waals surface area contributed by atoms with Gasteiger partial charge >= 0.3 is 0 Å². The molecular formula is C36H32N2. The van der Waals surface area contributed by atoms with Crippen LogP contribution in [0, 0.1) is 11.3 Å². The largest absolute Gasteiger partial charge is 0.300 e. The van der Waals surface area contributed by atoms with E-state index in [1.165, 1.54) is 5.56 Å². The zero-order valence-electron chi connectivity index (χ0n) is 22.2. The Balaban J connectivity index is 1.63. The van der Waals surface area contributed by atoms with Gasteiger partial charge in [0.25, 0.3) is 0 Å². The third-order valence-corrected chi connectivity index (χ3v) is 7.17. The Bertz CT molecular complexity index is 1520. The van der Waals surface area contributed by atoms with Gasteiger partial charge in [0.15, 0.2) is 0 Å². The molecule has 0 spiro atoms. The molecule has 0 unspecified atom stereocenters. The summed E-state index contributed by atoms with van der Waals surface area (Å²) < 4.78 is 0. The molecule has 186 valence electrons. The first-order valence-corrected chi connectivity index (χ1v) is 13.1. The lowest BCUT2D eigenvalue weighted by Crippen LogP contribution is -2.25. The van der Waals surface area contributed by atoms with Crippen molar-refractivity contribution in [1.29, 1.82) is 5.26 Å². The van der Waals surface area contributed by atoms with Crippen LogP contribution in [-0.4, -0.2) is 18.0 Å². The maximum atomic E-state index is 10.1. The second kappa shape index (κ2) is 11.3. The molecule has 0 bridgehead atoms. The van der Waals surface area contributed by atoms with Crippen LogP contribution in [0.25, 0.3) is 44.5 Å². The monoisotopic (exact) mass is 492 g/mol. The summed E-state index contributed by atoms with van der Waals surface area (Å²) in [5.74, 6) is 0. The van der Waals surface area contributed by atoms with Gasteiger partial charge in [0.2, 0.25) is 0 Å². The number of nitrogens with zero attached hydrogens (tertiary/aromatic N) is 2. The van der Waals surface area contributed by atoms with Crippen LogP contribution in [0.2, 0.25) is 0 Å². The van der Waals surface area contributed by atoms with E-state index in [4.69, 9.17) is 0 Å². The van der Waals surface area contributed by atoms with Crippen LogP contribution < -0.4 is 0 Å². The van der Waals surface area contributed by atoms with Crippen molar-refractivity contribution < 1.29 is 0 Å². The van der Waals surface area contributed by atoms with E-state index in [1.807, 2.05) is 18.2 Å². The molecule has 0 N–H and O–H groups in total. The summed E-state index contributed by atoms with van der Waals surface area (Å²) >= 11 is 0. The number of nitriles is 1. The normalized spacial score (nSPS) is 11.1. The molecule has 0 radical (unpaired) electrons. The summed E-state index contributed by atoms with van der Waals surface area (Å²) in [6, 6.07) is 45.3. The van der Waals surface area contributed by atoms with E-state index >= 15 is 0 Å². The number of rotatable bonds is 7. The molecule has 0 aliphatic rings. The van der Waals surface area contributed by atoms with E-state index in [9.17, 15) is 5.26 Å². The molecule has 38 heavy (non-hydrogen) atoms. The van der Waals surface area contributed by atoms with Gasteiger partial charge in [0, 0.05) is 18.2 Å². The molecule has 0 heterocycles. The topological polar surface area (TPSA) is 27.0 Å². The first kappa shape index (κ1) is 25.2. The molecule has 5 aromatic rings. The average molecular weight is 493 g/mol. The lowest BCUT2D eigenvalue weighted by molar-refractivity contribution is 0.266. The van der Waals surface area contributed by atoms with Crippen molar-refractivity contribution in [1.82, 2.24) is 4.90 Å². The standard InChI is InChI=1S/C36H32N2/c1-26(2)38(3)25-27-11-10-16-30(19-27)31-17-18-32(24-37)36(23-31)35-21-33(28-12-6-4-7-13-28)20-34(22-35)29-14-8-5-9-15-29/h4-23,26H,25H2,1-3H3. The lowest BCUT2D eigenvalue weighted by Gasteiger charge is -2.21. The molecule has 5 aromatic carbocycles. The van der Waals surface area contributed by atoms with Crippen LogP contribution in [0.5, 0.6) is 0 Å². The van der Waals surface area contributed by atoms with Crippen LogP contribution in [0.3, 0.4) is 0 Å². The summed E-state index contributed by atoms with van der Waals surface area (Å²) in [4.78, 5) is 2.34. The Labute approximate surface area is 226 Å². The molecule has 0 saturated carbocycles. The summed E-state index contributed by atoms with van der Waals surface area (Å²) in [5.41, 5.74) is 10.8. The number of hydrogen-bond acceptors (Lipinski definition) is 2. The zero-order valence-corrected chi connectivity index (χ0v) is 22.2. The molecular weight excluding hydrogens is 460 g/mol. The molecule has 0 aliphatic carbocycles. The van der Waals surface area contributed by atoms with Crippen molar-refractivity contribution in [3.63, 3.8) is 0 Å². The van der Waals surface area contributed by atoms with E-state index in [0.717, 1.165) is 51.1 Å². The van der Waals surface area contributed by atoms with E-state index in [1.54, 1.807) is 0 Å². The van der Waals surface area contributed by atoms with Crippen molar-refractivity contribution in [2.75, 3.05) is 7.05 Å². The summed E-state index contributed by atoms with van der Waals surface area (Å²) in [6.45, 7) is 5.32. The highest BCUT2D eigenvalue weighted by Crippen LogP contribution is 2.36. The Kier molecular flexibility index (Phi) is 7.50. The predicted octanol–water partition coefficient (Wildman–Crippen LogP) is 9.07. The van der Waals surface area contributed by atoms with Gasteiger partial charge in [0.05, 0.1) is 11.6 Å². The Morgan fingerprint density at radius 1 is 0.579 bits per heavy atom. The lowest BCUT2D eigenvalue weighted by atomic mass is 9.90. The highest BCUT2D eigenvalue weighted by molar-refractivity contribution is 5.85. The molecule has 5 rings (SSSR count).